The molecule has 2 rings (SSSR count). The van der Waals surface area contributed by atoms with Crippen LogP contribution in [0.2, 0.25) is 0 Å². The summed E-state index contributed by atoms with van der Waals surface area (Å²) in [5.74, 6) is 2.92. The fourth-order valence-corrected chi connectivity index (χ4v) is 3.86. The van der Waals surface area contributed by atoms with Gasteiger partial charge in [0, 0.05) is 6.04 Å². The van der Waals surface area contributed by atoms with Gasteiger partial charge in [-0.3, -0.25) is 0 Å². The zero-order chi connectivity index (χ0) is 11.4. The summed E-state index contributed by atoms with van der Waals surface area (Å²) >= 11 is 0. The highest BCUT2D eigenvalue weighted by atomic mass is 14.9. The van der Waals surface area contributed by atoms with Gasteiger partial charge in [0.2, 0.25) is 0 Å². The maximum absolute atomic E-state index is 3.87. The van der Waals surface area contributed by atoms with Crippen LogP contribution < -0.4 is 5.32 Å². The van der Waals surface area contributed by atoms with E-state index in [0.717, 1.165) is 23.8 Å². The Morgan fingerprint density at radius 1 is 1.06 bits per heavy atom. The topological polar surface area (TPSA) is 12.0 Å². The summed E-state index contributed by atoms with van der Waals surface area (Å²) in [5, 5.41) is 3.87. The van der Waals surface area contributed by atoms with Crippen LogP contribution in [0.3, 0.4) is 0 Å². The molecule has 0 saturated heterocycles. The van der Waals surface area contributed by atoms with Crippen molar-refractivity contribution < 1.29 is 0 Å². The normalized spacial score (nSPS) is 40.1. The molecule has 1 heteroatoms. The van der Waals surface area contributed by atoms with Crippen molar-refractivity contribution in [3.05, 3.63) is 0 Å². The third-order valence-electron chi connectivity index (χ3n) is 4.90. The van der Waals surface area contributed by atoms with Crippen molar-refractivity contribution in [3.8, 4) is 0 Å². The average molecular weight is 223 g/mol. The van der Waals surface area contributed by atoms with Gasteiger partial charge < -0.3 is 5.32 Å². The number of hydrogen-bond acceptors (Lipinski definition) is 1. The highest BCUT2D eigenvalue weighted by Gasteiger charge is 2.26. The van der Waals surface area contributed by atoms with E-state index >= 15 is 0 Å². The van der Waals surface area contributed by atoms with E-state index in [4.69, 9.17) is 0 Å². The Bertz CT molecular complexity index is 202. The predicted molar refractivity (Wildman–Crippen MR) is 70.5 cm³/mol. The molecule has 16 heavy (non-hydrogen) atoms. The van der Waals surface area contributed by atoms with Crippen LogP contribution in [0.1, 0.15) is 65.2 Å². The highest BCUT2D eigenvalue weighted by Crippen LogP contribution is 2.31. The zero-order valence-electron chi connectivity index (χ0n) is 11.2. The van der Waals surface area contributed by atoms with E-state index in [1.165, 1.54) is 57.9 Å². The number of rotatable bonds is 4. The van der Waals surface area contributed by atoms with Crippen molar-refractivity contribution in [2.24, 2.45) is 17.8 Å². The first kappa shape index (κ1) is 12.4. The fourth-order valence-electron chi connectivity index (χ4n) is 3.86. The standard InChI is InChI=1S/C15H29N/c1-3-14-8-5-9-15(14)16-11-13-7-4-6-12(2)10-13/h12-16H,3-11H2,1-2H3. The van der Waals surface area contributed by atoms with Crippen molar-refractivity contribution in [1.29, 1.82) is 0 Å². The second-order valence-corrected chi connectivity index (χ2v) is 6.25. The molecule has 2 fully saturated rings. The lowest BCUT2D eigenvalue weighted by Gasteiger charge is -2.29. The molecule has 0 aromatic carbocycles. The number of hydrogen-bond donors (Lipinski definition) is 1. The molecular weight excluding hydrogens is 194 g/mol. The van der Waals surface area contributed by atoms with Crippen molar-refractivity contribution in [2.45, 2.75) is 71.3 Å². The van der Waals surface area contributed by atoms with E-state index in [1.807, 2.05) is 0 Å². The number of nitrogens with one attached hydrogen (secondary N) is 1. The van der Waals surface area contributed by atoms with Gasteiger partial charge in [-0.25, -0.2) is 0 Å². The van der Waals surface area contributed by atoms with Crippen LogP contribution in [0.15, 0.2) is 0 Å². The molecule has 0 bridgehead atoms. The quantitative estimate of drug-likeness (QED) is 0.760. The third kappa shape index (κ3) is 3.23. The second-order valence-electron chi connectivity index (χ2n) is 6.25. The molecule has 4 unspecified atom stereocenters. The van der Waals surface area contributed by atoms with E-state index in [0.29, 0.717) is 0 Å². The molecule has 0 amide bonds. The maximum atomic E-state index is 3.87. The summed E-state index contributed by atoms with van der Waals surface area (Å²) in [6.07, 6.45) is 11.6. The summed E-state index contributed by atoms with van der Waals surface area (Å²) < 4.78 is 0. The van der Waals surface area contributed by atoms with Crippen molar-refractivity contribution in [3.63, 3.8) is 0 Å². The van der Waals surface area contributed by atoms with E-state index in [2.05, 4.69) is 19.2 Å². The molecular formula is C15H29N. The molecule has 1 nitrogen and oxygen atoms in total. The fraction of sp³-hybridized carbons (Fsp3) is 1.00. The second kappa shape index (κ2) is 6.05. The molecule has 1 N–H and O–H groups in total. The highest BCUT2D eigenvalue weighted by molar-refractivity contribution is 4.83. The Morgan fingerprint density at radius 3 is 2.62 bits per heavy atom. The molecule has 0 aliphatic heterocycles. The van der Waals surface area contributed by atoms with Gasteiger partial charge in [0.1, 0.15) is 0 Å². The Hall–Kier alpha value is -0.0400. The lowest BCUT2D eigenvalue weighted by Crippen LogP contribution is -2.36. The van der Waals surface area contributed by atoms with Gasteiger partial charge in [-0.05, 0) is 50.0 Å². The Morgan fingerprint density at radius 2 is 1.88 bits per heavy atom. The predicted octanol–water partition coefficient (Wildman–Crippen LogP) is 3.98. The molecule has 0 aromatic heterocycles. The van der Waals surface area contributed by atoms with Gasteiger partial charge in [0.05, 0.1) is 0 Å². The van der Waals surface area contributed by atoms with Crippen molar-refractivity contribution in [2.75, 3.05) is 6.54 Å². The monoisotopic (exact) mass is 223 g/mol. The minimum absolute atomic E-state index is 0.849. The van der Waals surface area contributed by atoms with Gasteiger partial charge >= 0.3 is 0 Å². The Balaban J connectivity index is 1.70. The van der Waals surface area contributed by atoms with Crippen LogP contribution in [0.5, 0.6) is 0 Å². The summed E-state index contributed by atoms with van der Waals surface area (Å²) in [4.78, 5) is 0. The SMILES string of the molecule is CCC1CCCC1NCC1CCCC(C)C1. The van der Waals surface area contributed by atoms with Crippen LogP contribution in [-0.4, -0.2) is 12.6 Å². The molecule has 94 valence electrons. The molecule has 0 radical (unpaired) electrons. The van der Waals surface area contributed by atoms with Crippen LogP contribution in [0.4, 0.5) is 0 Å². The van der Waals surface area contributed by atoms with Gasteiger partial charge in [0.15, 0.2) is 0 Å². The van der Waals surface area contributed by atoms with E-state index in [9.17, 15) is 0 Å². The van der Waals surface area contributed by atoms with Gasteiger partial charge in [-0.2, -0.15) is 0 Å². The van der Waals surface area contributed by atoms with Crippen LogP contribution in [0, 0.1) is 17.8 Å². The van der Waals surface area contributed by atoms with Gasteiger partial charge in [-0.1, -0.05) is 39.5 Å². The lowest BCUT2D eigenvalue weighted by atomic mass is 9.82. The minimum atomic E-state index is 0.849. The summed E-state index contributed by atoms with van der Waals surface area (Å²) in [6.45, 7) is 6.08. The average Bonchev–Trinajstić information content (AvgIpc) is 2.74. The van der Waals surface area contributed by atoms with E-state index in [1.54, 1.807) is 0 Å². The van der Waals surface area contributed by atoms with Crippen molar-refractivity contribution in [1.82, 2.24) is 5.32 Å². The largest absolute Gasteiger partial charge is 0.313 e. The van der Waals surface area contributed by atoms with Crippen molar-refractivity contribution >= 4 is 0 Å². The van der Waals surface area contributed by atoms with Gasteiger partial charge in [0.25, 0.3) is 0 Å². The van der Waals surface area contributed by atoms with Gasteiger partial charge in [-0.15, -0.1) is 0 Å². The van der Waals surface area contributed by atoms with E-state index in [-0.39, 0.29) is 0 Å². The molecule has 0 heterocycles. The van der Waals surface area contributed by atoms with E-state index < -0.39 is 0 Å². The molecule has 2 aliphatic rings. The lowest BCUT2D eigenvalue weighted by molar-refractivity contribution is 0.257. The van der Waals surface area contributed by atoms with Crippen LogP contribution in [0.25, 0.3) is 0 Å². The first-order valence-corrected chi connectivity index (χ1v) is 7.53. The summed E-state index contributed by atoms with van der Waals surface area (Å²) in [6, 6.07) is 0.849. The Labute approximate surface area is 101 Å². The zero-order valence-corrected chi connectivity index (χ0v) is 11.2. The van der Waals surface area contributed by atoms with Crippen LogP contribution in [-0.2, 0) is 0 Å². The third-order valence-corrected chi connectivity index (χ3v) is 4.90. The summed E-state index contributed by atoms with van der Waals surface area (Å²) in [5.41, 5.74) is 0. The molecule has 0 spiro atoms. The minimum Gasteiger partial charge on any atom is -0.313 e. The van der Waals surface area contributed by atoms with Crippen LogP contribution >= 0.6 is 0 Å². The molecule has 2 saturated carbocycles. The smallest absolute Gasteiger partial charge is 0.00953 e. The molecule has 4 atom stereocenters. The summed E-state index contributed by atoms with van der Waals surface area (Å²) in [7, 11) is 0. The maximum Gasteiger partial charge on any atom is 0.00953 e. The molecule has 2 aliphatic carbocycles. The first-order valence-electron chi connectivity index (χ1n) is 7.53. The molecule has 0 aromatic rings. The first-order chi connectivity index (χ1) is 7.79. The Kier molecular flexibility index (Phi) is 4.69.